The number of anilines is 1. The third-order valence-electron chi connectivity index (χ3n) is 4.51. The van der Waals surface area contributed by atoms with Crippen LogP contribution in [0.3, 0.4) is 0 Å². The maximum atomic E-state index is 12.7. The predicted molar refractivity (Wildman–Crippen MR) is 108 cm³/mol. The smallest absolute Gasteiger partial charge is 0.341 e. The Morgan fingerprint density at radius 2 is 1.48 bits per heavy atom. The number of esters is 1. The lowest BCUT2D eigenvalue weighted by Crippen LogP contribution is -2.23. The molecule has 1 N–H and O–H groups in total. The van der Waals surface area contributed by atoms with Crippen LogP contribution >= 0.6 is 11.6 Å². The van der Waals surface area contributed by atoms with Crippen LogP contribution in [0.4, 0.5) is 5.69 Å². The maximum Gasteiger partial charge on any atom is 0.341 e. The van der Waals surface area contributed by atoms with Crippen molar-refractivity contribution in [3.05, 3.63) is 107 Å². The van der Waals surface area contributed by atoms with Crippen molar-refractivity contribution in [3.63, 3.8) is 0 Å². The zero-order valence-electron chi connectivity index (χ0n) is 14.6. The first kappa shape index (κ1) is 17.4. The summed E-state index contributed by atoms with van der Waals surface area (Å²) >= 11 is 6.01. The molecule has 3 aromatic carbocycles. The Labute approximate surface area is 163 Å². The van der Waals surface area contributed by atoms with E-state index in [2.05, 4.69) is 17.4 Å². The molecule has 1 aliphatic heterocycles. The van der Waals surface area contributed by atoms with Gasteiger partial charge in [-0.2, -0.15) is 0 Å². The maximum absolute atomic E-state index is 12.7. The summed E-state index contributed by atoms with van der Waals surface area (Å²) in [6, 6.07) is 27.1. The van der Waals surface area contributed by atoms with E-state index in [1.54, 1.807) is 12.1 Å². The van der Waals surface area contributed by atoms with Crippen molar-refractivity contribution in [3.8, 4) is 0 Å². The van der Waals surface area contributed by atoms with E-state index < -0.39 is 6.23 Å². The summed E-state index contributed by atoms with van der Waals surface area (Å²) in [5.41, 5.74) is 4.35. The molecule has 0 radical (unpaired) electrons. The van der Waals surface area contributed by atoms with Crippen LogP contribution in [-0.4, -0.2) is 12.2 Å². The molecule has 0 amide bonds. The number of para-hydroxylation sites is 1. The third kappa shape index (κ3) is 3.88. The fourth-order valence-electron chi connectivity index (χ4n) is 3.22. The standard InChI is InChI=1S/C23H18ClNO2/c24-18-13-11-17(12-14-18)21-20(15-16-7-3-1-4-8-16)22(27-23(21)26)25-19-9-5-2-6-10-19/h1-14,22,25H,15H2. The number of carbonyl (C=O) groups excluding carboxylic acids is 1. The SMILES string of the molecule is O=C1OC(Nc2ccccc2)C(Cc2ccccc2)=C1c1ccc(Cl)cc1. The lowest BCUT2D eigenvalue weighted by molar-refractivity contribution is -0.136. The van der Waals surface area contributed by atoms with E-state index in [1.807, 2.05) is 60.7 Å². The number of cyclic esters (lactones) is 1. The second-order valence-electron chi connectivity index (χ2n) is 6.37. The van der Waals surface area contributed by atoms with Crippen molar-refractivity contribution >= 4 is 28.8 Å². The molecule has 3 nitrogen and oxygen atoms in total. The van der Waals surface area contributed by atoms with Gasteiger partial charge in [0.15, 0.2) is 6.23 Å². The van der Waals surface area contributed by atoms with Crippen molar-refractivity contribution in [2.45, 2.75) is 12.6 Å². The van der Waals surface area contributed by atoms with Crippen molar-refractivity contribution in [2.24, 2.45) is 0 Å². The normalized spacial score (nSPS) is 16.3. The quantitative estimate of drug-likeness (QED) is 0.612. The molecule has 0 bridgehead atoms. The Morgan fingerprint density at radius 3 is 2.15 bits per heavy atom. The van der Waals surface area contributed by atoms with E-state index in [9.17, 15) is 4.79 Å². The minimum Gasteiger partial charge on any atom is -0.434 e. The second-order valence-corrected chi connectivity index (χ2v) is 6.80. The third-order valence-corrected chi connectivity index (χ3v) is 4.76. The Hall–Kier alpha value is -3.04. The highest BCUT2D eigenvalue weighted by Gasteiger charge is 2.34. The highest BCUT2D eigenvalue weighted by Crippen LogP contribution is 2.34. The number of rotatable bonds is 5. The van der Waals surface area contributed by atoms with Crippen LogP contribution < -0.4 is 5.32 Å². The average Bonchev–Trinajstić information content (AvgIpc) is 2.99. The minimum absolute atomic E-state index is 0.323. The fraction of sp³-hybridized carbons (Fsp3) is 0.0870. The van der Waals surface area contributed by atoms with Gasteiger partial charge >= 0.3 is 5.97 Å². The van der Waals surface area contributed by atoms with Gasteiger partial charge in [-0.15, -0.1) is 0 Å². The van der Waals surface area contributed by atoms with Gasteiger partial charge in [-0.1, -0.05) is 72.3 Å². The zero-order chi connectivity index (χ0) is 18.6. The number of halogens is 1. The predicted octanol–water partition coefficient (Wildman–Crippen LogP) is 5.33. The van der Waals surface area contributed by atoms with E-state index >= 15 is 0 Å². The van der Waals surface area contributed by atoms with E-state index in [4.69, 9.17) is 16.3 Å². The Morgan fingerprint density at radius 1 is 0.852 bits per heavy atom. The van der Waals surface area contributed by atoms with Gasteiger partial charge in [0.2, 0.25) is 0 Å². The number of benzene rings is 3. The zero-order valence-corrected chi connectivity index (χ0v) is 15.3. The van der Waals surface area contributed by atoms with Gasteiger partial charge in [0, 0.05) is 22.7 Å². The lowest BCUT2D eigenvalue weighted by atomic mass is 9.95. The Kier molecular flexibility index (Phi) is 4.95. The number of hydrogen-bond donors (Lipinski definition) is 1. The molecule has 1 atom stereocenters. The van der Waals surface area contributed by atoms with E-state index in [-0.39, 0.29) is 5.97 Å². The van der Waals surface area contributed by atoms with Crippen molar-refractivity contribution in [2.75, 3.05) is 5.32 Å². The Balaban J connectivity index is 1.75. The average molecular weight is 376 g/mol. The van der Waals surface area contributed by atoms with Gasteiger partial charge < -0.3 is 10.1 Å². The molecule has 0 fully saturated rings. The van der Waals surface area contributed by atoms with Crippen molar-refractivity contribution in [1.82, 2.24) is 0 Å². The van der Waals surface area contributed by atoms with Crippen LogP contribution in [0.1, 0.15) is 11.1 Å². The monoisotopic (exact) mass is 375 g/mol. The fourth-order valence-corrected chi connectivity index (χ4v) is 3.34. The largest absolute Gasteiger partial charge is 0.434 e. The van der Waals surface area contributed by atoms with E-state index in [0.29, 0.717) is 17.0 Å². The Bertz CT molecular complexity index is 966. The molecule has 0 aromatic heterocycles. The summed E-state index contributed by atoms with van der Waals surface area (Å²) in [6.07, 6.45) is 0.112. The lowest BCUT2D eigenvalue weighted by Gasteiger charge is -2.17. The van der Waals surface area contributed by atoms with Crippen LogP contribution in [0.2, 0.25) is 5.02 Å². The van der Waals surface area contributed by atoms with Crippen LogP contribution in [0.25, 0.3) is 5.57 Å². The molecule has 0 saturated heterocycles. The molecule has 3 aromatic rings. The summed E-state index contributed by atoms with van der Waals surface area (Å²) in [6.45, 7) is 0. The molecule has 4 rings (SSSR count). The van der Waals surface area contributed by atoms with E-state index in [1.165, 1.54) is 0 Å². The van der Waals surface area contributed by atoms with Gasteiger partial charge in [0.05, 0.1) is 5.57 Å². The van der Waals surface area contributed by atoms with Crippen LogP contribution in [-0.2, 0) is 16.0 Å². The highest BCUT2D eigenvalue weighted by molar-refractivity contribution is 6.30. The first-order valence-corrected chi connectivity index (χ1v) is 9.14. The first-order valence-electron chi connectivity index (χ1n) is 8.76. The summed E-state index contributed by atoms with van der Waals surface area (Å²) in [5, 5.41) is 3.96. The van der Waals surface area contributed by atoms with Gasteiger partial charge in [0.1, 0.15) is 0 Å². The summed E-state index contributed by atoms with van der Waals surface area (Å²) in [7, 11) is 0. The van der Waals surface area contributed by atoms with Crippen LogP contribution in [0.5, 0.6) is 0 Å². The molecule has 134 valence electrons. The molecular weight excluding hydrogens is 358 g/mol. The molecule has 1 heterocycles. The van der Waals surface area contributed by atoms with Gasteiger partial charge in [-0.25, -0.2) is 4.79 Å². The number of hydrogen-bond acceptors (Lipinski definition) is 3. The van der Waals surface area contributed by atoms with Crippen molar-refractivity contribution < 1.29 is 9.53 Å². The summed E-state index contributed by atoms with van der Waals surface area (Å²) < 4.78 is 5.69. The topological polar surface area (TPSA) is 38.3 Å². The molecule has 27 heavy (non-hydrogen) atoms. The first-order chi connectivity index (χ1) is 13.2. The van der Waals surface area contributed by atoms with Crippen molar-refractivity contribution in [1.29, 1.82) is 0 Å². The minimum atomic E-state index is -0.509. The van der Waals surface area contributed by atoms with Gasteiger partial charge in [-0.05, 0) is 35.4 Å². The molecule has 0 aliphatic carbocycles. The number of nitrogens with one attached hydrogen (secondary N) is 1. The molecular formula is C23H18ClNO2. The van der Waals surface area contributed by atoms with Crippen LogP contribution in [0.15, 0.2) is 90.5 Å². The highest BCUT2D eigenvalue weighted by atomic mass is 35.5. The van der Waals surface area contributed by atoms with Gasteiger partial charge in [0.25, 0.3) is 0 Å². The van der Waals surface area contributed by atoms with Gasteiger partial charge in [-0.3, -0.25) is 0 Å². The summed E-state index contributed by atoms with van der Waals surface area (Å²) in [5.74, 6) is -0.323. The van der Waals surface area contributed by atoms with Crippen LogP contribution in [0, 0.1) is 0 Å². The second kappa shape index (κ2) is 7.68. The molecule has 1 unspecified atom stereocenters. The summed E-state index contributed by atoms with van der Waals surface area (Å²) in [4.78, 5) is 12.7. The molecule has 0 saturated carbocycles. The molecule has 4 heteroatoms. The molecule has 0 spiro atoms. The van der Waals surface area contributed by atoms with E-state index in [0.717, 1.165) is 22.4 Å². The molecule has 1 aliphatic rings. The number of ether oxygens (including phenoxy) is 1. The number of carbonyl (C=O) groups is 1.